The molecule has 0 aliphatic heterocycles. The highest BCUT2D eigenvalue weighted by Gasteiger charge is 2.13. The Kier molecular flexibility index (Phi) is 8.74. The van der Waals surface area contributed by atoms with Gasteiger partial charge in [0.05, 0.1) is 6.10 Å². The van der Waals surface area contributed by atoms with Crippen LogP contribution in [-0.2, 0) is 28.6 Å². The SMILES string of the molecule is C=CC(=O)OC(C)CCCC(=O)OC(C)OC(=O)C=C. The number of carbonyl (C=O) groups excluding carboxylic acids is 3. The van der Waals surface area contributed by atoms with Gasteiger partial charge in [0.2, 0.25) is 6.29 Å². The first-order chi connectivity index (χ1) is 9.38. The maximum Gasteiger partial charge on any atom is 0.333 e. The van der Waals surface area contributed by atoms with Crippen LogP contribution in [-0.4, -0.2) is 30.3 Å². The Morgan fingerprint density at radius 2 is 1.55 bits per heavy atom. The van der Waals surface area contributed by atoms with Crippen molar-refractivity contribution in [3.63, 3.8) is 0 Å². The molecule has 0 aromatic rings. The zero-order chi connectivity index (χ0) is 15.5. The number of esters is 3. The molecule has 6 heteroatoms. The van der Waals surface area contributed by atoms with E-state index in [1.165, 1.54) is 6.92 Å². The maximum atomic E-state index is 11.4. The van der Waals surface area contributed by atoms with E-state index in [1.54, 1.807) is 6.92 Å². The Balaban J connectivity index is 3.82. The van der Waals surface area contributed by atoms with Gasteiger partial charge < -0.3 is 14.2 Å². The largest absolute Gasteiger partial charge is 0.460 e. The Hall–Kier alpha value is -2.11. The quantitative estimate of drug-likeness (QED) is 0.365. The molecule has 6 nitrogen and oxygen atoms in total. The number of hydrogen-bond donors (Lipinski definition) is 0. The lowest BCUT2D eigenvalue weighted by atomic mass is 10.2. The van der Waals surface area contributed by atoms with Gasteiger partial charge in [-0.3, -0.25) is 4.79 Å². The van der Waals surface area contributed by atoms with Crippen LogP contribution in [0.5, 0.6) is 0 Å². The first-order valence-electron chi connectivity index (χ1n) is 6.24. The van der Waals surface area contributed by atoms with Crippen molar-refractivity contribution in [1.29, 1.82) is 0 Å². The summed E-state index contributed by atoms with van der Waals surface area (Å²) in [5, 5.41) is 0. The van der Waals surface area contributed by atoms with Crippen molar-refractivity contribution >= 4 is 17.9 Å². The summed E-state index contributed by atoms with van der Waals surface area (Å²) in [6.45, 7) is 9.68. The van der Waals surface area contributed by atoms with E-state index in [1.807, 2.05) is 0 Å². The van der Waals surface area contributed by atoms with Crippen molar-refractivity contribution in [3.8, 4) is 0 Å². The summed E-state index contributed by atoms with van der Waals surface area (Å²) in [6, 6.07) is 0. The minimum atomic E-state index is -0.955. The molecule has 0 radical (unpaired) electrons. The number of hydrogen-bond acceptors (Lipinski definition) is 6. The van der Waals surface area contributed by atoms with Gasteiger partial charge in [0.25, 0.3) is 0 Å². The molecule has 0 aliphatic rings. The van der Waals surface area contributed by atoms with Crippen LogP contribution < -0.4 is 0 Å². The van der Waals surface area contributed by atoms with Gasteiger partial charge in [-0.05, 0) is 19.8 Å². The van der Waals surface area contributed by atoms with E-state index in [4.69, 9.17) is 9.47 Å². The summed E-state index contributed by atoms with van der Waals surface area (Å²) in [7, 11) is 0. The zero-order valence-corrected chi connectivity index (χ0v) is 11.8. The Morgan fingerprint density at radius 3 is 2.10 bits per heavy atom. The molecule has 0 rings (SSSR count). The topological polar surface area (TPSA) is 78.9 Å². The van der Waals surface area contributed by atoms with Crippen LogP contribution >= 0.6 is 0 Å². The van der Waals surface area contributed by atoms with Gasteiger partial charge in [-0.25, -0.2) is 9.59 Å². The van der Waals surface area contributed by atoms with Crippen LogP contribution in [0, 0.1) is 0 Å². The molecule has 0 amide bonds. The normalized spacial score (nSPS) is 12.7. The van der Waals surface area contributed by atoms with Crippen LogP contribution in [0.25, 0.3) is 0 Å². The van der Waals surface area contributed by atoms with E-state index in [-0.39, 0.29) is 12.5 Å². The Bertz CT molecular complexity index is 374. The number of ether oxygens (including phenoxy) is 3. The third kappa shape index (κ3) is 8.91. The van der Waals surface area contributed by atoms with Crippen molar-refractivity contribution in [3.05, 3.63) is 25.3 Å². The summed E-state index contributed by atoms with van der Waals surface area (Å²) >= 11 is 0. The molecule has 0 saturated heterocycles. The summed E-state index contributed by atoms with van der Waals surface area (Å²) in [4.78, 5) is 33.2. The van der Waals surface area contributed by atoms with Gasteiger partial charge in [0.15, 0.2) is 0 Å². The van der Waals surface area contributed by atoms with Gasteiger partial charge in [-0.2, -0.15) is 0 Å². The van der Waals surface area contributed by atoms with E-state index in [9.17, 15) is 14.4 Å². The molecular formula is C14H20O6. The second kappa shape index (κ2) is 9.77. The van der Waals surface area contributed by atoms with Crippen LogP contribution in [0.3, 0.4) is 0 Å². The minimum absolute atomic E-state index is 0.145. The lowest BCUT2D eigenvalue weighted by molar-refractivity contribution is -0.181. The van der Waals surface area contributed by atoms with Gasteiger partial charge in [0.1, 0.15) is 0 Å². The number of carbonyl (C=O) groups is 3. The van der Waals surface area contributed by atoms with E-state index < -0.39 is 24.2 Å². The smallest absolute Gasteiger partial charge is 0.333 e. The number of rotatable bonds is 9. The maximum absolute atomic E-state index is 11.4. The average molecular weight is 284 g/mol. The van der Waals surface area contributed by atoms with Gasteiger partial charge in [-0.1, -0.05) is 13.2 Å². The van der Waals surface area contributed by atoms with E-state index >= 15 is 0 Å². The summed E-state index contributed by atoms with van der Waals surface area (Å²) in [5.74, 6) is -1.64. The molecule has 0 aromatic heterocycles. The van der Waals surface area contributed by atoms with Gasteiger partial charge >= 0.3 is 17.9 Å². The molecule has 20 heavy (non-hydrogen) atoms. The van der Waals surface area contributed by atoms with E-state index in [0.29, 0.717) is 12.8 Å². The molecule has 0 aromatic carbocycles. The molecule has 0 spiro atoms. The van der Waals surface area contributed by atoms with Crippen LogP contribution in [0.1, 0.15) is 33.1 Å². The molecule has 0 heterocycles. The molecule has 0 bridgehead atoms. The molecule has 0 saturated carbocycles. The standard InChI is InChI=1S/C14H20O6/c1-5-12(15)18-10(3)8-7-9-14(17)20-11(4)19-13(16)6-2/h5-6,10-11H,1-2,7-9H2,3-4H3. The van der Waals surface area contributed by atoms with Crippen molar-refractivity contribution in [2.24, 2.45) is 0 Å². The predicted molar refractivity (Wildman–Crippen MR) is 71.4 cm³/mol. The molecule has 2 unspecified atom stereocenters. The second-order valence-electron chi connectivity index (χ2n) is 4.04. The van der Waals surface area contributed by atoms with Crippen LogP contribution in [0.2, 0.25) is 0 Å². The van der Waals surface area contributed by atoms with E-state index in [0.717, 1.165) is 12.2 Å². The fraction of sp³-hybridized carbons (Fsp3) is 0.500. The molecule has 0 aliphatic carbocycles. The highest BCUT2D eigenvalue weighted by atomic mass is 16.7. The van der Waals surface area contributed by atoms with Crippen molar-refractivity contribution in [2.75, 3.05) is 0 Å². The summed E-state index contributed by atoms with van der Waals surface area (Å²) in [6.07, 6.45) is 1.97. The lowest BCUT2D eigenvalue weighted by Crippen LogP contribution is -2.21. The third-order valence-electron chi connectivity index (χ3n) is 2.22. The average Bonchev–Trinajstić information content (AvgIpc) is 2.37. The minimum Gasteiger partial charge on any atom is -0.460 e. The predicted octanol–water partition coefficient (Wildman–Crippen LogP) is 1.89. The van der Waals surface area contributed by atoms with E-state index in [2.05, 4.69) is 17.9 Å². The zero-order valence-electron chi connectivity index (χ0n) is 11.8. The fourth-order valence-electron chi connectivity index (χ4n) is 1.32. The molecule has 112 valence electrons. The highest BCUT2D eigenvalue weighted by molar-refractivity contribution is 5.81. The molecular weight excluding hydrogens is 264 g/mol. The Labute approximate surface area is 118 Å². The molecule has 0 fully saturated rings. The highest BCUT2D eigenvalue weighted by Crippen LogP contribution is 2.07. The molecule has 2 atom stereocenters. The van der Waals surface area contributed by atoms with Crippen molar-refractivity contribution < 1.29 is 28.6 Å². The van der Waals surface area contributed by atoms with Crippen LogP contribution in [0.4, 0.5) is 0 Å². The first kappa shape index (κ1) is 17.9. The van der Waals surface area contributed by atoms with Gasteiger partial charge in [0, 0.05) is 25.5 Å². The molecule has 0 N–H and O–H groups in total. The van der Waals surface area contributed by atoms with Gasteiger partial charge in [-0.15, -0.1) is 0 Å². The monoisotopic (exact) mass is 284 g/mol. The Morgan fingerprint density at radius 1 is 1.00 bits per heavy atom. The van der Waals surface area contributed by atoms with Crippen LogP contribution in [0.15, 0.2) is 25.3 Å². The first-order valence-corrected chi connectivity index (χ1v) is 6.24. The second-order valence-corrected chi connectivity index (χ2v) is 4.04. The van der Waals surface area contributed by atoms with Crippen molar-refractivity contribution in [2.45, 2.75) is 45.5 Å². The fourth-order valence-corrected chi connectivity index (χ4v) is 1.32. The summed E-state index contributed by atoms with van der Waals surface area (Å²) in [5.41, 5.74) is 0. The third-order valence-corrected chi connectivity index (χ3v) is 2.22. The van der Waals surface area contributed by atoms with Crippen molar-refractivity contribution in [1.82, 2.24) is 0 Å². The lowest BCUT2D eigenvalue weighted by Gasteiger charge is -2.14. The summed E-state index contributed by atoms with van der Waals surface area (Å²) < 4.78 is 14.5.